The summed E-state index contributed by atoms with van der Waals surface area (Å²) in [6, 6.07) is 16.9. The minimum Gasteiger partial charge on any atom is -0.326 e. The zero-order valence-corrected chi connectivity index (χ0v) is 17.7. The maximum absolute atomic E-state index is 12.5. The minimum absolute atomic E-state index is 0.0833. The number of benzene rings is 2. The topological polar surface area (TPSA) is 70.6 Å². The van der Waals surface area contributed by atoms with Gasteiger partial charge in [0.1, 0.15) is 0 Å². The minimum atomic E-state index is -0.259. The first-order chi connectivity index (χ1) is 14.7. The number of hydrogen-bond acceptors (Lipinski definition) is 3. The van der Waals surface area contributed by atoms with Crippen molar-refractivity contribution in [3.63, 3.8) is 0 Å². The van der Waals surface area contributed by atoms with E-state index in [1.807, 2.05) is 30.3 Å². The van der Waals surface area contributed by atoms with Gasteiger partial charge in [-0.1, -0.05) is 62.9 Å². The third-order valence-corrected chi connectivity index (χ3v) is 5.56. The van der Waals surface area contributed by atoms with Crippen molar-refractivity contribution >= 4 is 23.2 Å². The third kappa shape index (κ3) is 6.28. The van der Waals surface area contributed by atoms with Crippen molar-refractivity contribution in [2.75, 3.05) is 5.32 Å². The Morgan fingerprint density at radius 1 is 0.933 bits per heavy atom. The van der Waals surface area contributed by atoms with Crippen molar-refractivity contribution in [3.05, 3.63) is 65.7 Å². The summed E-state index contributed by atoms with van der Waals surface area (Å²) in [6.45, 7) is 2.13. The van der Waals surface area contributed by atoms with E-state index in [2.05, 4.69) is 22.8 Å². The van der Waals surface area contributed by atoms with Crippen molar-refractivity contribution in [1.29, 1.82) is 0 Å². The number of anilines is 1. The van der Waals surface area contributed by atoms with Crippen LogP contribution in [0.1, 0.15) is 74.2 Å². The average Bonchev–Trinajstić information content (AvgIpc) is 2.80. The van der Waals surface area contributed by atoms with Gasteiger partial charge in [0.2, 0.25) is 5.91 Å². The molecule has 158 valence electrons. The first-order valence-electron chi connectivity index (χ1n) is 11.0. The molecule has 0 saturated heterocycles. The maximum atomic E-state index is 12.5. The molecule has 2 amide bonds. The maximum Gasteiger partial charge on any atom is 0.271 e. The lowest BCUT2D eigenvalue weighted by Crippen LogP contribution is -2.24. The van der Waals surface area contributed by atoms with Gasteiger partial charge < -0.3 is 5.32 Å². The van der Waals surface area contributed by atoms with Crippen molar-refractivity contribution in [2.24, 2.45) is 11.0 Å². The fraction of sp³-hybridized carbons (Fsp3) is 0.400. The van der Waals surface area contributed by atoms with Gasteiger partial charge in [-0.2, -0.15) is 5.10 Å². The summed E-state index contributed by atoms with van der Waals surface area (Å²) < 4.78 is 0. The fourth-order valence-corrected chi connectivity index (χ4v) is 3.74. The molecule has 5 heteroatoms. The van der Waals surface area contributed by atoms with Crippen LogP contribution in [0.15, 0.2) is 59.7 Å². The highest BCUT2D eigenvalue weighted by molar-refractivity contribution is 6.02. The Morgan fingerprint density at radius 3 is 2.30 bits per heavy atom. The molecule has 3 rings (SSSR count). The van der Waals surface area contributed by atoms with Crippen LogP contribution >= 0.6 is 0 Å². The van der Waals surface area contributed by atoms with Gasteiger partial charge in [-0.3, -0.25) is 9.59 Å². The van der Waals surface area contributed by atoms with Gasteiger partial charge in [0, 0.05) is 17.2 Å². The Labute approximate surface area is 179 Å². The molecule has 1 fully saturated rings. The molecule has 0 spiro atoms. The number of amides is 2. The second kappa shape index (κ2) is 11.3. The number of carbonyl (C=O) groups excluding carboxylic acids is 2. The largest absolute Gasteiger partial charge is 0.326 e. The predicted octanol–water partition coefficient (Wildman–Crippen LogP) is 5.53. The van der Waals surface area contributed by atoms with Crippen LogP contribution in [0.2, 0.25) is 0 Å². The molecule has 0 aliphatic heterocycles. The van der Waals surface area contributed by atoms with Gasteiger partial charge in [0.15, 0.2) is 0 Å². The molecule has 5 nitrogen and oxygen atoms in total. The molecule has 0 bridgehead atoms. The highest BCUT2D eigenvalue weighted by atomic mass is 16.2. The molecule has 0 radical (unpaired) electrons. The van der Waals surface area contributed by atoms with E-state index in [-0.39, 0.29) is 17.7 Å². The van der Waals surface area contributed by atoms with Crippen LogP contribution in [0, 0.1) is 5.92 Å². The van der Waals surface area contributed by atoms with E-state index in [9.17, 15) is 9.59 Å². The fourth-order valence-electron chi connectivity index (χ4n) is 3.74. The van der Waals surface area contributed by atoms with E-state index in [1.54, 1.807) is 24.3 Å². The summed E-state index contributed by atoms with van der Waals surface area (Å²) in [5.41, 5.74) is 5.81. The van der Waals surface area contributed by atoms with E-state index >= 15 is 0 Å². The molecule has 0 atom stereocenters. The molecular weight excluding hydrogens is 374 g/mol. The van der Waals surface area contributed by atoms with E-state index in [1.165, 1.54) is 6.42 Å². The standard InChI is InChI=1S/C25H31N3O2/c1-2-3-14-23(19-10-6-4-7-11-19)27-28-25(30)21-15-17-22(18-16-21)26-24(29)20-12-8-5-9-13-20/h4,6-7,10-11,15-18,20H,2-3,5,8-9,12-14H2,1H3,(H,26,29)(H,28,30). The van der Waals surface area contributed by atoms with E-state index in [0.717, 1.165) is 61.9 Å². The van der Waals surface area contributed by atoms with Crippen molar-refractivity contribution < 1.29 is 9.59 Å². The summed E-state index contributed by atoms with van der Waals surface area (Å²) in [5.74, 6) is -0.0689. The molecular formula is C25H31N3O2. The Kier molecular flexibility index (Phi) is 8.19. The lowest BCUT2D eigenvalue weighted by Gasteiger charge is -2.20. The molecule has 2 N–H and O–H groups in total. The van der Waals surface area contributed by atoms with Gasteiger partial charge in [-0.05, 0) is 55.5 Å². The molecule has 2 aromatic carbocycles. The van der Waals surface area contributed by atoms with Crippen LogP contribution in [0.4, 0.5) is 5.69 Å². The number of nitrogens with one attached hydrogen (secondary N) is 2. The van der Waals surface area contributed by atoms with Gasteiger partial charge in [-0.25, -0.2) is 5.43 Å². The quantitative estimate of drug-likeness (QED) is 0.448. The lowest BCUT2D eigenvalue weighted by atomic mass is 9.88. The second-order valence-electron chi connectivity index (χ2n) is 7.87. The molecule has 2 aromatic rings. The second-order valence-corrected chi connectivity index (χ2v) is 7.87. The van der Waals surface area contributed by atoms with Crippen LogP contribution in [0.25, 0.3) is 0 Å². The van der Waals surface area contributed by atoms with Crippen molar-refractivity contribution in [1.82, 2.24) is 5.43 Å². The third-order valence-electron chi connectivity index (χ3n) is 5.56. The SMILES string of the molecule is CCCCC(=NNC(=O)c1ccc(NC(=O)C2CCCCC2)cc1)c1ccccc1. The van der Waals surface area contributed by atoms with E-state index in [0.29, 0.717) is 5.56 Å². The van der Waals surface area contributed by atoms with Crippen molar-refractivity contribution in [2.45, 2.75) is 58.3 Å². The highest BCUT2D eigenvalue weighted by Crippen LogP contribution is 2.25. The smallest absolute Gasteiger partial charge is 0.271 e. The molecule has 1 aliphatic carbocycles. The molecule has 30 heavy (non-hydrogen) atoms. The Morgan fingerprint density at radius 2 is 1.63 bits per heavy atom. The summed E-state index contributed by atoms with van der Waals surface area (Å²) in [4.78, 5) is 24.9. The Bertz CT molecular complexity index is 854. The molecule has 1 saturated carbocycles. The number of hydrazone groups is 1. The van der Waals surface area contributed by atoms with E-state index in [4.69, 9.17) is 0 Å². The monoisotopic (exact) mass is 405 g/mol. The van der Waals surface area contributed by atoms with Gasteiger partial charge >= 0.3 is 0 Å². The first-order valence-corrected chi connectivity index (χ1v) is 11.0. The summed E-state index contributed by atoms with van der Waals surface area (Å²) >= 11 is 0. The average molecular weight is 406 g/mol. The summed E-state index contributed by atoms with van der Waals surface area (Å²) in [7, 11) is 0. The summed E-state index contributed by atoms with van der Waals surface area (Å²) in [6.07, 6.45) is 8.29. The van der Waals surface area contributed by atoms with Crippen LogP contribution in [0.3, 0.4) is 0 Å². The molecule has 1 aliphatic rings. The zero-order valence-electron chi connectivity index (χ0n) is 17.7. The van der Waals surface area contributed by atoms with Crippen LogP contribution in [0.5, 0.6) is 0 Å². The number of hydrogen-bond donors (Lipinski definition) is 2. The highest BCUT2D eigenvalue weighted by Gasteiger charge is 2.21. The predicted molar refractivity (Wildman–Crippen MR) is 122 cm³/mol. The number of unbranched alkanes of at least 4 members (excludes halogenated alkanes) is 1. The molecule has 0 heterocycles. The zero-order chi connectivity index (χ0) is 21.2. The lowest BCUT2D eigenvalue weighted by molar-refractivity contribution is -0.120. The van der Waals surface area contributed by atoms with Gasteiger partial charge in [0.25, 0.3) is 5.91 Å². The normalized spacial score (nSPS) is 14.9. The van der Waals surface area contributed by atoms with Crippen LogP contribution < -0.4 is 10.7 Å². The molecule has 0 unspecified atom stereocenters. The summed E-state index contributed by atoms with van der Waals surface area (Å²) in [5, 5.41) is 7.36. The van der Waals surface area contributed by atoms with Crippen LogP contribution in [-0.2, 0) is 4.79 Å². The number of carbonyl (C=O) groups is 2. The van der Waals surface area contributed by atoms with Gasteiger partial charge in [0.05, 0.1) is 5.71 Å². The van der Waals surface area contributed by atoms with Crippen LogP contribution in [-0.4, -0.2) is 17.5 Å². The molecule has 0 aromatic heterocycles. The Balaban J connectivity index is 1.60. The first kappa shape index (κ1) is 21.8. The van der Waals surface area contributed by atoms with Crippen molar-refractivity contribution in [3.8, 4) is 0 Å². The van der Waals surface area contributed by atoms with E-state index < -0.39 is 0 Å². The van der Waals surface area contributed by atoms with Gasteiger partial charge in [-0.15, -0.1) is 0 Å². The Hall–Kier alpha value is -2.95. The number of nitrogens with zero attached hydrogens (tertiary/aromatic N) is 1. The number of rotatable bonds is 8.